The van der Waals surface area contributed by atoms with Crippen molar-refractivity contribution in [2.45, 2.75) is 31.7 Å². The number of rotatable bonds is 2. The predicted molar refractivity (Wildman–Crippen MR) is 123 cm³/mol. The molecule has 3 nitrogen and oxygen atoms in total. The molecule has 0 bridgehead atoms. The maximum atomic E-state index is 4.64. The van der Waals surface area contributed by atoms with E-state index in [1.807, 2.05) is 0 Å². The lowest BCUT2D eigenvalue weighted by atomic mass is 9.96. The molecule has 0 saturated heterocycles. The molecule has 6 rings (SSSR count). The first-order chi connectivity index (χ1) is 14.9. The summed E-state index contributed by atoms with van der Waals surface area (Å²) in [5.41, 5.74) is 4.94. The van der Waals surface area contributed by atoms with Crippen LogP contribution < -0.4 is 0 Å². The minimum absolute atomic E-state index is 0.261. The van der Waals surface area contributed by atoms with Crippen molar-refractivity contribution in [2.75, 3.05) is 0 Å². The molecule has 0 N–H and O–H groups in total. The van der Waals surface area contributed by atoms with Crippen molar-refractivity contribution >= 4 is 21.5 Å². The van der Waals surface area contributed by atoms with Crippen LogP contribution in [0.5, 0.6) is 0 Å². The number of aryl methyl sites for hydroxylation is 1. The van der Waals surface area contributed by atoms with Gasteiger partial charge in [0.25, 0.3) is 0 Å². The van der Waals surface area contributed by atoms with Gasteiger partial charge in [0.2, 0.25) is 0 Å². The molecule has 146 valence electrons. The Morgan fingerprint density at radius 3 is 2.47 bits per heavy atom. The monoisotopic (exact) mass is 389 g/mol. The van der Waals surface area contributed by atoms with E-state index in [0.717, 1.165) is 24.1 Å². The summed E-state index contributed by atoms with van der Waals surface area (Å²) in [5, 5.41) is 14.3. The number of aromatic nitrogens is 3. The molecule has 30 heavy (non-hydrogen) atoms. The molecule has 0 aliphatic heterocycles. The molecular formula is C27H23N3. The minimum atomic E-state index is 0.261. The van der Waals surface area contributed by atoms with E-state index in [1.54, 1.807) is 0 Å². The van der Waals surface area contributed by atoms with E-state index in [2.05, 4.69) is 100 Å². The first kappa shape index (κ1) is 17.4. The average Bonchev–Trinajstić information content (AvgIpc) is 3.19. The van der Waals surface area contributed by atoms with E-state index in [9.17, 15) is 0 Å². The zero-order valence-corrected chi connectivity index (χ0v) is 16.8. The van der Waals surface area contributed by atoms with Gasteiger partial charge >= 0.3 is 0 Å². The first-order valence-corrected chi connectivity index (χ1v) is 10.8. The highest BCUT2D eigenvalue weighted by Gasteiger charge is 2.22. The predicted octanol–water partition coefficient (Wildman–Crippen LogP) is 6.57. The third kappa shape index (κ3) is 2.81. The molecule has 0 fully saturated rings. The van der Waals surface area contributed by atoms with Gasteiger partial charge in [-0.3, -0.25) is 0 Å². The van der Waals surface area contributed by atoms with Crippen molar-refractivity contribution in [1.82, 2.24) is 15.0 Å². The van der Waals surface area contributed by atoms with E-state index in [0.29, 0.717) is 0 Å². The van der Waals surface area contributed by atoms with Crippen LogP contribution in [0.1, 0.15) is 36.4 Å². The van der Waals surface area contributed by atoms with E-state index in [1.165, 1.54) is 45.5 Å². The summed E-state index contributed by atoms with van der Waals surface area (Å²) in [5.74, 6) is 0. The van der Waals surface area contributed by atoms with Gasteiger partial charge in [0.15, 0.2) is 0 Å². The molecule has 4 aromatic carbocycles. The molecule has 3 heteroatoms. The highest BCUT2D eigenvalue weighted by molar-refractivity contribution is 6.13. The Balaban J connectivity index is 1.51. The van der Waals surface area contributed by atoms with Crippen LogP contribution in [0.3, 0.4) is 0 Å². The Bertz CT molecular complexity index is 1370. The van der Waals surface area contributed by atoms with Crippen molar-refractivity contribution in [3.8, 4) is 11.3 Å². The number of nitrogens with zero attached hydrogens (tertiary/aromatic N) is 3. The third-order valence-electron chi connectivity index (χ3n) is 6.46. The van der Waals surface area contributed by atoms with Crippen LogP contribution in [0.25, 0.3) is 32.8 Å². The van der Waals surface area contributed by atoms with E-state index < -0.39 is 0 Å². The van der Waals surface area contributed by atoms with Crippen LogP contribution >= 0.6 is 0 Å². The minimum Gasteiger partial charge on any atom is -0.244 e. The summed E-state index contributed by atoms with van der Waals surface area (Å²) in [6.07, 6.45) is 6.86. The largest absolute Gasteiger partial charge is 0.244 e. The summed E-state index contributed by atoms with van der Waals surface area (Å²) < 4.78 is 2.09. The van der Waals surface area contributed by atoms with Crippen LogP contribution in [-0.2, 0) is 6.42 Å². The number of fused-ring (bicyclic) bond motifs is 4. The van der Waals surface area contributed by atoms with Crippen molar-refractivity contribution in [3.63, 3.8) is 0 Å². The summed E-state index contributed by atoms with van der Waals surface area (Å²) in [7, 11) is 0. The van der Waals surface area contributed by atoms with Crippen LogP contribution in [0.4, 0.5) is 0 Å². The van der Waals surface area contributed by atoms with Gasteiger partial charge in [-0.2, -0.15) is 0 Å². The van der Waals surface area contributed by atoms with Gasteiger partial charge < -0.3 is 0 Å². The molecule has 0 amide bonds. The van der Waals surface area contributed by atoms with Crippen LogP contribution in [0.2, 0.25) is 0 Å². The molecule has 1 heterocycles. The smallest absolute Gasteiger partial charge is 0.113 e. The third-order valence-corrected chi connectivity index (χ3v) is 6.46. The number of hydrogen-bond donors (Lipinski definition) is 0. The Hall–Kier alpha value is -3.46. The second-order valence-electron chi connectivity index (χ2n) is 8.24. The summed E-state index contributed by atoms with van der Waals surface area (Å²) in [6, 6.07) is 28.5. The maximum absolute atomic E-state index is 4.64. The average molecular weight is 390 g/mol. The maximum Gasteiger partial charge on any atom is 0.113 e. The second kappa shape index (κ2) is 7.10. The number of benzene rings is 4. The molecule has 0 radical (unpaired) electrons. The van der Waals surface area contributed by atoms with E-state index in [-0.39, 0.29) is 6.04 Å². The highest BCUT2D eigenvalue weighted by Crippen LogP contribution is 2.36. The fourth-order valence-electron chi connectivity index (χ4n) is 4.99. The standard InChI is InChI=1S/C27H23N3/c1-5-13-22-19(9-1)10-3-8-16-27(22)30-18-26(28-29-30)25-17-20-11-2-4-12-21(20)23-14-6-7-15-24(23)25/h1-2,4-7,9,11-15,17-18,27H,3,8,10,16H2. The summed E-state index contributed by atoms with van der Waals surface area (Å²) in [6.45, 7) is 0. The van der Waals surface area contributed by atoms with Gasteiger partial charge in [0.05, 0.1) is 12.2 Å². The van der Waals surface area contributed by atoms with Crippen LogP contribution in [-0.4, -0.2) is 15.0 Å². The first-order valence-electron chi connectivity index (χ1n) is 10.8. The van der Waals surface area contributed by atoms with Crippen LogP contribution in [0.15, 0.2) is 85.1 Å². The molecule has 5 aromatic rings. The van der Waals surface area contributed by atoms with Crippen molar-refractivity contribution < 1.29 is 0 Å². The van der Waals surface area contributed by atoms with E-state index in [4.69, 9.17) is 0 Å². The molecule has 0 spiro atoms. The van der Waals surface area contributed by atoms with Crippen molar-refractivity contribution in [1.29, 1.82) is 0 Å². The van der Waals surface area contributed by atoms with Crippen molar-refractivity contribution in [3.05, 3.63) is 96.2 Å². The molecule has 1 aromatic heterocycles. The summed E-state index contributed by atoms with van der Waals surface area (Å²) >= 11 is 0. The lowest BCUT2D eigenvalue weighted by Crippen LogP contribution is -2.12. The number of hydrogen-bond acceptors (Lipinski definition) is 2. The Morgan fingerprint density at radius 2 is 1.53 bits per heavy atom. The molecule has 1 aliphatic carbocycles. The van der Waals surface area contributed by atoms with E-state index >= 15 is 0 Å². The fourth-order valence-corrected chi connectivity index (χ4v) is 4.99. The molecule has 1 unspecified atom stereocenters. The lowest BCUT2D eigenvalue weighted by molar-refractivity contribution is 0.468. The normalized spacial score (nSPS) is 16.5. The Morgan fingerprint density at radius 1 is 0.767 bits per heavy atom. The van der Waals surface area contributed by atoms with Crippen LogP contribution in [0, 0.1) is 0 Å². The van der Waals surface area contributed by atoms with Gasteiger partial charge in [-0.05, 0) is 58.0 Å². The van der Waals surface area contributed by atoms with Gasteiger partial charge in [0, 0.05) is 5.56 Å². The topological polar surface area (TPSA) is 30.7 Å². The van der Waals surface area contributed by atoms with Gasteiger partial charge in [-0.1, -0.05) is 84.4 Å². The zero-order valence-electron chi connectivity index (χ0n) is 16.8. The van der Waals surface area contributed by atoms with Gasteiger partial charge in [-0.25, -0.2) is 4.68 Å². The SMILES string of the molecule is c1ccc2c(c1)CCCCC2n1cc(-c2cc3ccccc3c3ccccc23)nn1. The highest BCUT2D eigenvalue weighted by atomic mass is 15.4. The van der Waals surface area contributed by atoms with Gasteiger partial charge in [-0.15, -0.1) is 5.10 Å². The Kier molecular flexibility index (Phi) is 4.12. The molecule has 1 atom stereocenters. The molecular weight excluding hydrogens is 366 g/mol. The summed E-state index contributed by atoms with van der Waals surface area (Å²) in [4.78, 5) is 0. The second-order valence-corrected chi connectivity index (χ2v) is 8.24. The fraction of sp³-hybridized carbons (Fsp3) is 0.185. The van der Waals surface area contributed by atoms with Crippen molar-refractivity contribution in [2.24, 2.45) is 0 Å². The lowest BCUT2D eigenvalue weighted by Gasteiger charge is -2.17. The Labute approximate surface area is 176 Å². The van der Waals surface area contributed by atoms with Gasteiger partial charge in [0.1, 0.15) is 5.69 Å². The molecule has 0 saturated carbocycles. The quantitative estimate of drug-likeness (QED) is 0.253. The zero-order chi connectivity index (χ0) is 19.9. The molecule has 1 aliphatic rings.